The fraction of sp³-hybridized carbons (Fsp3) is 0.312. The lowest BCUT2D eigenvalue weighted by atomic mass is 9.87. The lowest BCUT2D eigenvalue weighted by Gasteiger charge is -2.17. The summed E-state index contributed by atoms with van der Waals surface area (Å²) in [4.78, 5) is 0. The van der Waals surface area contributed by atoms with Gasteiger partial charge in [0.15, 0.2) is 0 Å². The van der Waals surface area contributed by atoms with Gasteiger partial charge in [0.05, 0.1) is 13.3 Å². The van der Waals surface area contributed by atoms with Gasteiger partial charge in [0.1, 0.15) is 5.75 Å². The zero-order valence-electron chi connectivity index (χ0n) is 12.0. The standard InChI is InChI=1S/C16H20N2O/c1-6-13(2)16(3,4)12-18-17-11-14-7-9-15(19-5)10-8-14/h7-12H,1H2,2-5H3/b17-11+,18-12+. The molecule has 0 bridgehead atoms. The van der Waals surface area contributed by atoms with E-state index in [4.69, 9.17) is 4.74 Å². The maximum Gasteiger partial charge on any atom is 0.118 e. The van der Waals surface area contributed by atoms with Crippen LogP contribution < -0.4 is 4.74 Å². The van der Waals surface area contributed by atoms with Crippen LogP contribution in [-0.2, 0) is 0 Å². The molecule has 1 aromatic rings. The van der Waals surface area contributed by atoms with E-state index in [0.717, 1.165) is 16.9 Å². The van der Waals surface area contributed by atoms with Gasteiger partial charge in [0, 0.05) is 11.6 Å². The number of rotatable bonds is 5. The lowest BCUT2D eigenvalue weighted by Crippen LogP contribution is -2.13. The Morgan fingerprint density at radius 3 is 2.42 bits per heavy atom. The largest absolute Gasteiger partial charge is 0.497 e. The minimum absolute atomic E-state index is 0.182. The van der Waals surface area contributed by atoms with E-state index in [9.17, 15) is 0 Å². The molecule has 0 atom stereocenters. The van der Waals surface area contributed by atoms with Gasteiger partial charge >= 0.3 is 0 Å². The van der Waals surface area contributed by atoms with Gasteiger partial charge in [-0.15, -0.1) is 5.73 Å². The summed E-state index contributed by atoms with van der Waals surface area (Å²) in [6.07, 6.45) is 3.50. The Morgan fingerprint density at radius 1 is 1.26 bits per heavy atom. The van der Waals surface area contributed by atoms with Gasteiger partial charge in [-0.2, -0.15) is 10.2 Å². The van der Waals surface area contributed by atoms with E-state index in [-0.39, 0.29) is 5.41 Å². The fourth-order valence-corrected chi connectivity index (χ4v) is 1.29. The van der Waals surface area contributed by atoms with Gasteiger partial charge in [-0.05, 0) is 42.3 Å². The van der Waals surface area contributed by atoms with Gasteiger partial charge in [0.25, 0.3) is 0 Å². The third-order valence-corrected chi connectivity index (χ3v) is 3.00. The summed E-state index contributed by atoms with van der Waals surface area (Å²) in [5.74, 6) is 0.827. The van der Waals surface area contributed by atoms with Crippen molar-refractivity contribution in [3.8, 4) is 5.75 Å². The summed E-state index contributed by atoms with van der Waals surface area (Å²) in [6, 6.07) is 7.63. The van der Waals surface area contributed by atoms with E-state index in [1.54, 1.807) is 19.5 Å². The molecule has 0 N–H and O–H groups in total. The van der Waals surface area contributed by atoms with Crippen LogP contribution in [0, 0.1) is 5.41 Å². The van der Waals surface area contributed by atoms with Crippen LogP contribution in [0.3, 0.4) is 0 Å². The molecule has 1 rings (SSSR count). The van der Waals surface area contributed by atoms with Crippen molar-refractivity contribution in [3.05, 3.63) is 47.7 Å². The topological polar surface area (TPSA) is 34.0 Å². The predicted molar refractivity (Wildman–Crippen MR) is 81.2 cm³/mol. The maximum atomic E-state index is 5.09. The first-order valence-electron chi connectivity index (χ1n) is 6.08. The van der Waals surface area contributed by atoms with E-state index < -0.39 is 0 Å². The molecule has 19 heavy (non-hydrogen) atoms. The summed E-state index contributed by atoms with van der Waals surface area (Å²) in [5, 5.41) is 8.12. The van der Waals surface area contributed by atoms with Crippen LogP contribution in [0.1, 0.15) is 26.3 Å². The van der Waals surface area contributed by atoms with E-state index in [2.05, 4.69) is 22.5 Å². The van der Waals surface area contributed by atoms with Crippen molar-refractivity contribution in [1.29, 1.82) is 0 Å². The highest BCUT2D eigenvalue weighted by Gasteiger charge is 2.16. The van der Waals surface area contributed by atoms with Crippen molar-refractivity contribution in [2.24, 2.45) is 15.6 Å². The van der Waals surface area contributed by atoms with E-state index in [1.165, 1.54) is 0 Å². The molecular formula is C16H20N2O. The third-order valence-electron chi connectivity index (χ3n) is 3.00. The van der Waals surface area contributed by atoms with Crippen molar-refractivity contribution in [2.75, 3.05) is 7.11 Å². The van der Waals surface area contributed by atoms with Crippen LogP contribution in [0.5, 0.6) is 5.75 Å². The number of hydrogen-bond acceptors (Lipinski definition) is 3. The second-order valence-electron chi connectivity index (χ2n) is 4.79. The molecule has 0 saturated heterocycles. The minimum Gasteiger partial charge on any atom is -0.497 e. The van der Waals surface area contributed by atoms with Crippen molar-refractivity contribution < 1.29 is 4.74 Å². The zero-order valence-corrected chi connectivity index (χ0v) is 12.0. The second-order valence-corrected chi connectivity index (χ2v) is 4.79. The van der Waals surface area contributed by atoms with Crippen LogP contribution in [-0.4, -0.2) is 19.5 Å². The Balaban J connectivity index is 2.70. The highest BCUT2D eigenvalue weighted by atomic mass is 16.5. The van der Waals surface area contributed by atoms with Crippen molar-refractivity contribution in [1.82, 2.24) is 0 Å². The molecule has 3 nitrogen and oxygen atoms in total. The molecule has 0 fully saturated rings. The van der Waals surface area contributed by atoms with E-state index >= 15 is 0 Å². The van der Waals surface area contributed by atoms with Crippen LogP contribution >= 0.6 is 0 Å². The van der Waals surface area contributed by atoms with E-state index in [0.29, 0.717) is 0 Å². The quantitative estimate of drug-likeness (QED) is 0.447. The molecule has 0 heterocycles. The molecular weight excluding hydrogens is 236 g/mol. The average molecular weight is 256 g/mol. The molecule has 0 saturated carbocycles. The first kappa shape index (κ1) is 14.9. The molecule has 0 aromatic heterocycles. The van der Waals surface area contributed by atoms with Gasteiger partial charge in [-0.25, -0.2) is 0 Å². The first-order chi connectivity index (χ1) is 8.99. The number of methoxy groups -OCH3 is 1. The molecule has 0 spiro atoms. The lowest BCUT2D eigenvalue weighted by molar-refractivity contribution is 0.415. The number of nitrogens with zero attached hydrogens (tertiary/aromatic N) is 2. The molecule has 0 unspecified atom stereocenters. The molecule has 0 radical (unpaired) electrons. The predicted octanol–water partition coefficient (Wildman–Crippen LogP) is 3.86. The molecule has 0 amide bonds. The Kier molecular flexibility index (Phi) is 5.28. The summed E-state index contributed by atoms with van der Waals surface area (Å²) >= 11 is 0. The van der Waals surface area contributed by atoms with Gasteiger partial charge < -0.3 is 4.74 Å². The molecule has 0 aliphatic rings. The average Bonchev–Trinajstić information content (AvgIpc) is 2.43. The van der Waals surface area contributed by atoms with Gasteiger partial charge in [0.2, 0.25) is 0 Å². The van der Waals surface area contributed by atoms with Crippen molar-refractivity contribution in [3.63, 3.8) is 0 Å². The summed E-state index contributed by atoms with van der Waals surface area (Å²) in [5.41, 5.74) is 4.72. The Bertz CT molecular complexity index is 518. The monoisotopic (exact) mass is 256 g/mol. The van der Waals surface area contributed by atoms with Crippen molar-refractivity contribution in [2.45, 2.75) is 20.8 Å². The van der Waals surface area contributed by atoms with Crippen LogP contribution in [0.2, 0.25) is 0 Å². The first-order valence-corrected chi connectivity index (χ1v) is 6.08. The van der Waals surface area contributed by atoms with Crippen LogP contribution in [0.15, 0.2) is 52.4 Å². The molecule has 0 aliphatic heterocycles. The highest BCUT2D eigenvalue weighted by molar-refractivity contribution is 5.80. The SMILES string of the molecule is C=C=C(C)C(C)(C)/C=N/N=C/c1ccc(OC)cc1. The van der Waals surface area contributed by atoms with Gasteiger partial charge in [-0.3, -0.25) is 0 Å². The molecule has 0 aliphatic carbocycles. The number of ether oxygens (including phenoxy) is 1. The third kappa shape index (κ3) is 4.57. The number of hydrogen-bond donors (Lipinski definition) is 0. The zero-order chi connectivity index (χ0) is 14.3. The normalized spacial score (nSPS) is 11.8. The minimum atomic E-state index is -0.182. The maximum absolute atomic E-state index is 5.09. The van der Waals surface area contributed by atoms with Crippen molar-refractivity contribution >= 4 is 12.4 Å². The smallest absolute Gasteiger partial charge is 0.118 e. The molecule has 1 aromatic carbocycles. The number of allylic oxidation sites excluding steroid dienone is 1. The van der Waals surface area contributed by atoms with E-state index in [1.807, 2.05) is 45.0 Å². The summed E-state index contributed by atoms with van der Waals surface area (Å²) in [7, 11) is 1.64. The summed E-state index contributed by atoms with van der Waals surface area (Å²) < 4.78 is 5.09. The second kappa shape index (κ2) is 6.72. The van der Waals surface area contributed by atoms with Crippen LogP contribution in [0.4, 0.5) is 0 Å². The van der Waals surface area contributed by atoms with Crippen LogP contribution in [0.25, 0.3) is 0 Å². The fourth-order valence-electron chi connectivity index (χ4n) is 1.29. The summed E-state index contributed by atoms with van der Waals surface area (Å²) in [6.45, 7) is 9.72. The van der Waals surface area contributed by atoms with Gasteiger partial charge in [-0.1, -0.05) is 20.4 Å². The molecule has 3 heteroatoms. The Morgan fingerprint density at radius 2 is 1.89 bits per heavy atom. The molecule has 100 valence electrons. The highest BCUT2D eigenvalue weighted by Crippen LogP contribution is 2.21. The Hall–Kier alpha value is -2.12. The Labute approximate surface area is 115 Å². The number of benzene rings is 1.